The molecule has 0 saturated carbocycles. The Morgan fingerprint density at radius 3 is 2.73 bits per heavy atom. The molecule has 0 atom stereocenters. The molecule has 7 nitrogen and oxygen atoms in total. The van der Waals surface area contributed by atoms with Crippen LogP contribution in [0.3, 0.4) is 0 Å². The van der Waals surface area contributed by atoms with Gasteiger partial charge in [-0.15, -0.1) is 0 Å². The van der Waals surface area contributed by atoms with E-state index in [2.05, 4.69) is 19.9 Å². The number of nitrogens with zero attached hydrogens (tertiary/aromatic N) is 3. The number of rotatable bonds is 4. The molecule has 0 spiro atoms. The van der Waals surface area contributed by atoms with E-state index >= 15 is 0 Å². The number of primary amides is 1. The van der Waals surface area contributed by atoms with Crippen molar-refractivity contribution >= 4 is 22.8 Å². The number of carbonyl (C=O) groups is 1. The zero-order valence-corrected chi connectivity index (χ0v) is 13.8. The smallest absolute Gasteiger partial charge is 0.271 e. The van der Waals surface area contributed by atoms with Gasteiger partial charge in [0.25, 0.3) is 5.91 Å². The van der Waals surface area contributed by atoms with Gasteiger partial charge >= 0.3 is 0 Å². The molecule has 0 unspecified atom stereocenters. The number of fused-ring (bicyclic) bond motifs is 1. The molecule has 0 saturated heterocycles. The van der Waals surface area contributed by atoms with Crippen LogP contribution in [0, 0.1) is 0 Å². The van der Waals surface area contributed by atoms with Crippen LogP contribution in [0.15, 0.2) is 54.7 Å². The normalized spacial score (nSPS) is 10.9. The summed E-state index contributed by atoms with van der Waals surface area (Å²) in [5, 5.41) is 0. The highest BCUT2D eigenvalue weighted by Crippen LogP contribution is 2.22. The van der Waals surface area contributed by atoms with Crippen LogP contribution in [0.2, 0.25) is 0 Å². The zero-order valence-electron chi connectivity index (χ0n) is 13.8. The van der Waals surface area contributed by atoms with Crippen molar-refractivity contribution in [2.75, 3.05) is 5.73 Å². The number of nitrogens with one attached hydrogen (secondary N) is 1. The molecule has 4 rings (SSSR count). The number of aromatic amines is 1. The second-order valence-electron chi connectivity index (χ2n) is 5.94. The van der Waals surface area contributed by atoms with Gasteiger partial charge in [0.15, 0.2) is 11.5 Å². The van der Waals surface area contributed by atoms with Crippen molar-refractivity contribution in [1.29, 1.82) is 0 Å². The third-order valence-corrected chi connectivity index (χ3v) is 4.06. The lowest BCUT2D eigenvalue weighted by Gasteiger charge is -2.06. The molecule has 7 heteroatoms. The fourth-order valence-electron chi connectivity index (χ4n) is 2.83. The molecule has 0 fully saturated rings. The van der Waals surface area contributed by atoms with Gasteiger partial charge in [-0.2, -0.15) is 0 Å². The van der Waals surface area contributed by atoms with Crippen molar-refractivity contribution < 1.29 is 4.79 Å². The minimum absolute atomic E-state index is 0.00376. The molecule has 2 heterocycles. The van der Waals surface area contributed by atoms with Gasteiger partial charge in [0.1, 0.15) is 5.82 Å². The van der Waals surface area contributed by atoms with Crippen molar-refractivity contribution in [3.8, 4) is 11.4 Å². The van der Waals surface area contributed by atoms with Crippen molar-refractivity contribution in [2.24, 2.45) is 5.73 Å². The molecule has 4 aromatic rings. The third kappa shape index (κ3) is 2.98. The molecule has 0 aliphatic rings. The van der Waals surface area contributed by atoms with Gasteiger partial charge in [-0.3, -0.25) is 4.79 Å². The molecule has 0 aliphatic carbocycles. The third-order valence-electron chi connectivity index (χ3n) is 4.06. The van der Waals surface area contributed by atoms with Gasteiger partial charge < -0.3 is 16.5 Å². The van der Waals surface area contributed by atoms with E-state index in [-0.39, 0.29) is 11.5 Å². The summed E-state index contributed by atoms with van der Waals surface area (Å²) in [6.07, 6.45) is 2.05. The van der Waals surface area contributed by atoms with Crippen LogP contribution in [0.1, 0.15) is 21.7 Å². The standard InChI is InChI=1S/C19H16N6O/c20-17-16(18(21)26)23-13(10-22-17)9-11-4-3-5-12(8-11)19-24-14-6-1-2-7-15(14)25-19/h1-8,10H,9H2,(H2,20,22)(H2,21,26)(H,24,25). The van der Waals surface area contributed by atoms with E-state index in [0.29, 0.717) is 12.1 Å². The first kappa shape index (κ1) is 15.8. The first-order valence-corrected chi connectivity index (χ1v) is 8.05. The number of H-pyrrole nitrogens is 1. The van der Waals surface area contributed by atoms with Gasteiger partial charge in [-0.05, 0) is 23.8 Å². The summed E-state index contributed by atoms with van der Waals surface area (Å²) in [5.74, 6) is 0.152. The number of para-hydroxylation sites is 2. The van der Waals surface area contributed by atoms with Crippen molar-refractivity contribution in [2.45, 2.75) is 6.42 Å². The molecule has 1 amide bonds. The number of hydrogen-bond donors (Lipinski definition) is 3. The highest BCUT2D eigenvalue weighted by atomic mass is 16.1. The molecule has 0 radical (unpaired) electrons. The summed E-state index contributed by atoms with van der Waals surface area (Å²) in [7, 11) is 0. The predicted octanol–water partition coefficient (Wildman–Crippen LogP) is 2.29. The lowest BCUT2D eigenvalue weighted by Crippen LogP contribution is -2.17. The Hall–Kier alpha value is -3.74. The van der Waals surface area contributed by atoms with Crippen molar-refractivity contribution in [3.05, 3.63) is 71.7 Å². The van der Waals surface area contributed by atoms with Crippen LogP contribution in [0.25, 0.3) is 22.4 Å². The number of carbonyl (C=O) groups excluding carboxylic acids is 1. The number of imidazole rings is 1. The number of hydrogen-bond acceptors (Lipinski definition) is 5. The summed E-state index contributed by atoms with van der Waals surface area (Å²) in [4.78, 5) is 27.5. The Kier molecular flexibility index (Phi) is 3.81. The molecular formula is C19H16N6O. The fourth-order valence-corrected chi connectivity index (χ4v) is 2.83. The maximum Gasteiger partial charge on any atom is 0.271 e. The summed E-state index contributed by atoms with van der Waals surface area (Å²) in [6.45, 7) is 0. The zero-order chi connectivity index (χ0) is 18.1. The predicted molar refractivity (Wildman–Crippen MR) is 99.3 cm³/mol. The van der Waals surface area contributed by atoms with Crippen LogP contribution in [-0.4, -0.2) is 25.8 Å². The van der Waals surface area contributed by atoms with E-state index in [9.17, 15) is 4.79 Å². The summed E-state index contributed by atoms with van der Waals surface area (Å²) >= 11 is 0. The van der Waals surface area contributed by atoms with E-state index in [0.717, 1.165) is 28.0 Å². The first-order valence-electron chi connectivity index (χ1n) is 8.05. The largest absolute Gasteiger partial charge is 0.382 e. The lowest BCUT2D eigenvalue weighted by molar-refractivity contribution is 0.0996. The Labute approximate surface area is 149 Å². The minimum atomic E-state index is -0.687. The molecule has 0 bridgehead atoms. The lowest BCUT2D eigenvalue weighted by atomic mass is 10.1. The van der Waals surface area contributed by atoms with Crippen LogP contribution in [-0.2, 0) is 6.42 Å². The van der Waals surface area contributed by atoms with Gasteiger partial charge in [-0.1, -0.05) is 30.3 Å². The fraction of sp³-hybridized carbons (Fsp3) is 0.0526. The van der Waals surface area contributed by atoms with Crippen LogP contribution < -0.4 is 11.5 Å². The van der Waals surface area contributed by atoms with Crippen molar-refractivity contribution in [1.82, 2.24) is 19.9 Å². The quantitative estimate of drug-likeness (QED) is 0.524. The minimum Gasteiger partial charge on any atom is -0.382 e. The first-order chi connectivity index (χ1) is 12.6. The van der Waals surface area contributed by atoms with Crippen LogP contribution in [0.4, 0.5) is 5.82 Å². The van der Waals surface area contributed by atoms with E-state index in [1.54, 1.807) is 6.20 Å². The second-order valence-corrected chi connectivity index (χ2v) is 5.94. The molecule has 2 aromatic carbocycles. The number of nitrogens with two attached hydrogens (primary N) is 2. The topological polar surface area (TPSA) is 124 Å². The Morgan fingerprint density at radius 1 is 1.08 bits per heavy atom. The molecule has 26 heavy (non-hydrogen) atoms. The monoisotopic (exact) mass is 344 g/mol. The number of benzene rings is 2. The number of amides is 1. The average Bonchev–Trinajstić information content (AvgIpc) is 3.08. The number of anilines is 1. The molecule has 0 aliphatic heterocycles. The van der Waals surface area contributed by atoms with Crippen LogP contribution in [0.5, 0.6) is 0 Å². The molecule has 128 valence electrons. The molecular weight excluding hydrogens is 328 g/mol. The van der Waals surface area contributed by atoms with Crippen molar-refractivity contribution in [3.63, 3.8) is 0 Å². The SMILES string of the molecule is NC(=O)c1nc(Cc2cccc(-c3nc4ccccc4[nH]3)c2)cnc1N. The van der Waals surface area contributed by atoms with Crippen LogP contribution >= 0.6 is 0 Å². The van der Waals surface area contributed by atoms with E-state index < -0.39 is 5.91 Å². The van der Waals surface area contributed by atoms with E-state index in [1.165, 1.54) is 0 Å². The Bertz CT molecular complexity index is 1080. The second kappa shape index (κ2) is 6.29. The Morgan fingerprint density at radius 2 is 1.92 bits per heavy atom. The Balaban J connectivity index is 1.66. The maximum absolute atomic E-state index is 11.4. The highest BCUT2D eigenvalue weighted by Gasteiger charge is 2.11. The summed E-state index contributed by atoms with van der Waals surface area (Å²) in [6, 6.07) is 15.8. The van der Waals surface area contributed by atoms with E-state index in [1.807, 2.05) is 48.5 Å². The average molecular weight is 344 g/mol. The molecule has 2 aromatic heterocycles. The summed E-state index contributed by atoms with van der Waals surface area (Å²) < 4.78 is 0. The van der Waals surface area contributed by atoms with Gasteiger partial charge in [0, 0.05) is 12.0 Å². The molecule has 5 N–H and O–H groups in total. The van der Waals surface area contributed by atoms with E-state index in [4.69, 9.17) is 11.5 Å². The summed E-state index contributed by atoms with van der Waals surface area (Å²) in [5.41, 5.74) is 15.4. The maximum atomic E-state index is 11.4. The number of nitrogen functional groups attached to an aromatic ring is 1. The van der Waals surface area contributed by atoms with Gasteiger partial charge in [-0.25, -0.2) is 15.0 Å². The highest BCUT2D eigenvalue weighted by molar-refractivity contribution is 5.94. The van der Waals surface area contributed by atoms with Gasteiger partial charge in [0.2, 0.25) is 0 Å². The van der Waals surface area contributed by atoms with Gasteiger partial charge in [0.05, 0.1) is 22.9 Å². The number of aromatic nitrogens is 4.